The summed E-state index contributed by atoms with van der Waals surface area (Å²) in [5, 5.41) is 7.47. The molecule has 2 heterocycles. The van der Waals surface area contributed by atoms with Crippen molar-refractivity contribution in [3.63, 3.8) is 0 Å². The fraction of sp³-hybridized carbons (Fsp3) is 0.727. The predicted octanol–water partition coefficient (Wildman–Crippen LogP) is 1.56. The Hall–Kier alpha value is -0.870. The van der Waals surface area contributed by atoms with Gasteiger partial charge < -0.3 is 14.6 Å². The SMILES string of the molecule is Cc1noc(C)c1CNC1CCOCC1. The van der Waals surface area contributed by atoms with Crippen LogP contribution in [-0.2, 0) is 11.3 Å². The van der Waals surface area contributed by atoms with Gasteiger partial charge in [-0.2, -0.15) is 0 Å². The van der Waals surface area contributed by atoms with Gasteiger partial charge in [-0.05, 0) is 26.7 Å². The molecule has 1 aromatic heterocycles. The van der Waals surface area contributed by atoms with E-state index in [0.29, 0.717) is 6.04 Å². The molecule has 0 aliphatic carbocycles. The molecule has 84 valence electrons. The highest BCUT2D eigenvalue weighted by molar-refractivity contribution is 5.20. The van der Waals surface area contributed by atoms with E-state index in [2.05, 4.69) is 10.5 Å². The zero-order valence-corrected chi connectivity index (χ0v) is 9.38. The number of aryl methyl sites for hydroxylation is 2. The highest BCUT2D eigenvalue weighted by Gasteiger charge is 2.15. The second-order valence-electron chi connectivity index (χ2n) is 4.07. The molecule has 4 heteroatoms. The molecule has 0 unspecified atom stereocenters. The molecule has 1 aliphatic heterocycles. The molecular weight excluding hydrogens is 192 g/mol. The lowest BCUT2D eigenvalue weighted by atomic mass is 10.1. The van der Waals surface area contributed by atoms with Crippen molar-refractivity contribution < 1.29 is 9.26 Å². The van der Waals surface area contributed by atoms with Gasteiger partial charge in [-0.3, -0.25) is 0 Å². The number of nitrogens with zero attached hydrogens (tertiary/aromatic N) is 1. The monoisotopic (exact) mass is 210 g/mol. The predicted molar refractivity (Wildman–Crippen MR) is 56.7 cm³/mol. The molecule has 1 fully saturated rings. The molecular formula is C11H18N2O2. The van der Waals surface area contributed by atoms with Gasteiger partial charge in [0.15, 0.2) is 0 Å². The Bertz CT molecular complexity index is 297. The highest BCUT2D eigenvalue weighted by atomic mass is 16.5. The van der Waals surface area contributed by atoms with E-state index in [1.54, 1.807) is 0 Å². The number of ether oxygens (including phenoxy) is 1. The minimum atomic E-state index is 0.576. The Morgan fingerprint density at radius 1 is 1.33 bits per heavy atom. The zero-order valence-electron chi connectivity index (χ0n) is 9.38. The molecule has 0 amide bonds. The topological polar surface area (TPSA) is 47.3 Å². The van der Waals surface area contributed by atoms with Crippen LogP contribution >= 0.6 is 0 Å². The van der Waals surface area contributed by atoms with Gasteiger partial charge in [-0.1, -0.05) is 5.16 Å². The Labute approximate surface area is 90.0 Å². The van der Waals surface area contributed by atoms with E-state index in [1.807, 2.05) is 13.8 Å². The van der Waals surface area contributed by atoms with Crippen molar-refractivity contribution in [3.05, 3.63) is 17.0 Å². The third-order valence-corrected chi connectivity index (χ3v) is 2.97. The van der Waals surface area contributed by atoms with Gasteiger partial charge in [0.25, 0.3) is 0 Å². The van der Waals surface area contributed by atoms with Gasteiger partial charge in [0.1, 0.15) is 5.76 Å². The first-order valence-corrected chi connectivity index (χ1v) is 5.50. The number of aromatic nitrogens is 1. The minimum Gasteiger partial charge on any atom is -0.381 e. The second-order valence-corrected chi connectivity index (χ2v) is 4.07. The van der Waals surface area contributed by atoms with Crippen molar-refractivity contribution in [1.82, 2.24) is 10.5 Å². The van der Waals surface area contributed by atoms with Crippen LogP contribution in [0.3, 0.4) is 0 Å². The summed E-state index contributed by atoms with van der Waals surface area (Å²) in [6, 6.07) is 0.576. The van der Waals surface area contributed by atoms with Crippen LogP contribution in [0.2, 0.25) is 0 Å². The molecule has 0 bridgehead atoms. The number of hydrogen-bond donors (Lipinski definition) is 1. The normalized spacial score (nSPS) is 18.3. The largest absolute Gasteiger partial charge is 0.381 e. The van der Waals surface area contributed by atoms with Gasteiger partial charge in [-0.25, -0.2) is 0 Å². The van der Waals surface area contributed by atoms with E-state index in [4.69, 9.17) is 9.26 Å². The van der Waals surface area contributed by atoms with E-state index in [-0.39, 0.29) is 0 Å². The van der Waals surface area contributed by atoms with Crippen molar-refractivity contribution in [2.24, 2.45) is 0 Å². The Kier molecular flexibility index (Phi) is 3.38. The van der Waals surface area contributed by atoms with Crippen molar-refractivity contribution in [2.45, 2.75) is 39.3 Å². The Morgan fingerprint density at radius 2 is 2.07 bits per heavy atom. The fourth-order valence-corrected chi connectivity index (χ4v) is 1.90. The van der Waals surface area contributed by atoms with E-state index in [1.165, 1.54) is 5.56 Å². The molecule has 0 saturated carbocycles. The lowest BCUT2D eigenvalue weighted by molar-refractivity contribution is 0.0776. The van der Waals surface area contributed by atoms with E-state index in [0.717, 1.165) is 44.1 Å². The summed E-state index contributed by atoms with van der Waals surface area (Å²) in [7, 11) is 0. The molecule has 0 spiro atoms. The standard InChI is InChI=1S/C11H18N2O2/c1-8-11(9(2)15-13-8)7-12-10-3-5-14-6-4-10/h10,12H,3-7H2,1-2H3. The van der Waals surface area contributed by atoms with Crippen LogP contribution < -0.4 is 5.32 Å². The maximum Gasteiger partial charge on any atom is 0.138 e. The third-order valence-electron chi connectivity index (χ3n) is 2.97. The molecule has 2 rings (SSSR count). The average Bonchev–Trinajstić information content (AvgIpc) is 2.58. The van der Waals surface area contributed by atoms with Crippen LogP contribution in [0, 0.1) is 13.8 Å². The number of rotatable bonds is 3. The molecule has 1 saturated heterocycles. The summed E-state index contributed by atoms with van der Waals surface area (Å²) >= 11 is 0. The lowest BCUT2D eigenvalue weighted by Gasteiger charge is -2.23. The van der Waals surface area contributed by atoms with E-state index < -0.39 is 0 Å². The van der Waals surface area contributed by atoms with Crippen LogP contribution in [-0.4, -0.2) is 24.4 Å². The molecule has 1 N–H and O–H groups in total. The van der Waals surface area contributed by atoms with Gasteiger partial charge >= 0.3 is 0 Å². The first-order valence-electron chi connectivity index (χ1n) is 5.50. The average molecular weight is 210 g/mol. The van der Waals surface area contributed by atoms with Gasteiger partial charge in [-0.15, -0.1) is 0 Å². The zero-order chi connectivity index (χ0) is 10.7. The highest BCUT2D eigenvalue weighted by Crippen LogP contribution is 2.13. The van der Waals surface area contributed by atoms with Gasteiger partial charge in [0.2, 0.25) is 0 Å². The molecule has 0 atom stereocenters. The van der Waals surface area contributed by atoms with E-state index in [9.17, 15) is 0 Å². The first-order chi connectivity index (χ1) is 7.27. The Balaban J connectivity index is 1.87. The summed E-state index contributed by atoms with van der Waals surface area (Å²) in [5.41, 5.74) is 2.19. The van der Waals surface area contributed by atoms with Crippen molar-refractivity contribution in [2.75, 3.05) is 13.2 Å². The van der Waals surface area contributed by atoms with Crippen molar-refractivity contribution >= 4 is 0 Å². The lowest BCUT2D eigenvalue weighted by Crippen LogP contribution is -2.34. The van der Waals surface area contributed by atoms with E-state index >= 15 is 0 Å². The summed E-state index contributed by atoms with van der Waals surface area (Å²) in [6.07, 6.45) is 2.20. The van der Waals surface area contributed by atoms with Crippen molar-refractivity contribution in [3.8, 4) is 0 Å². The molecule has 4 nitrogen and oxygen atoms in total. The maximum absolute atomic E-state index is 5.31. The molecule has 1 aliphatic rings. The molecule has 0 radical (unpaired) electrons. The van der Waals surface area contributed by atoms with Crippen LogP contribution in [0.25, 0.3) is 0 Å². The van der Waals surface area contributed by atoms with Crippen LogP contribution in [0.5, 0.6) is 0 Å². The van der Waals surface area contributed by atoms with Gasteiger partial charge in [0, 0.05) is 31.4 Å². The summed E-state index contributed by atoms with van der Waals surface area (Å²) in [6.45, 7) is 6.54. The first kappa shape index (κ1) is 10.6. The third kappa shape index (κ3) is 2.58. The summed E-state index contributed by atoms with van der Waals surface area (Å²) < 4.78 is 10.4. The Morgan fingerprint density at radius 3 is 2.67 bits per heavy atom. The number of nitrogens with one attached hydrogen (secondary N) is 1. The van der Waals surface area contributed by atoms with Crippen LogP contribution in [0.1, 0.15) is 29.9 Å². The van der Waals surface area contributed by atoms with Crippen LogP contribution in [0.15, 0.2) is 4.52 Å². The molecule has 15 heavy (non-hydrogen) atoms. The summed E-state index contributed by atoms with van der Waals surface area (Å²) in [4.78, 5) is 0. The van der Waals surface area contributed by atoms with Crippen LogP contribution in [0.4, 0.5) is 0 Å². The van der Waals surface area contributed by atoms with Crippen molar-refractivity contribution in [1.29, 1.82) is 0 Å². The smallest absolute Gasteiger partial charge is 0.138 e. The minimum absolute atomic E-state index is 0.576. The number of hydrogen-bond acceptors (Lipinski definition) is 4. The summed E-state index contributed by atoms with van der Waals surface area (Å²) in [5.74, 6) is 0.923. The molecule has 0 aromatic carbocycles. The molecule has 1 aromatic rings. The second kappa shape index (κ2) is 4.77. The quantitative estimate of drug-likeness (QED) is 0.822. The van der Waals surface area contributed by atoms with Gasteiger partial charge in [0.05, 0.1) is 5.69 Å². The maximum atomic E-state index is 5.31. The fourth-order valence-electron chi connectivity index (χ4n) is 1.90.